The van der Waals surface area contributed by atoms with Crippen molar-refractivity contribution in [2.24, 2.45) is 11.8 Å². The van der Waals surface area contributed by atoms with Crippen LogP contribution in [0.25, 0.3) is 0 Å². The van der Waals surface area contributed by atoms with E-state index in [0.29, 0.717) is 11.8 Å². The van der Waals surface area contributed by atoms with E-state index >= 15 is 0 Å². The van der Waals surface area contributed by atoms with E-state index < -0.39 is 0 Å². The molecule has 1 aliphatic heterocycles. The average molecular weight is 318 g/mol. The van der Waals surface area contributed by atoms with E-state index in [-0.39, 0.29) is 5.91 Å². The van der Waals surface area contributed by atoms with Gasteiger partial charge < -0.3 is 5.32 Å². The highest BCUT2D eigenvalue weighted by molar-refractivity contribution is 7.98. The van der Waals surface area contributed by atoms with Crippen molar-refractivity contribution in [3.63, 3.8) is 0 Å². The SMILES string of the molecule is CSc1ccccc1CN1CCC(CNC(=O)C2CC2)CC1. The molecule has 120 valence electrons. The van der Waals surface area contributed by atoms with Crippen molar-refractivity contribution in [2.45, 2.75) is 37.1 Å². The smallest absolute Gasteiger partial charge is 0.223 e. The van der Waals surface area contributed by atoms with Crippen LogP contribution in [0.3, 0.4) is 0 Å². The van der Waals surface area contributed by atoms with Gasteiger partial charge in [0.1, 0.15) is 0 Å². The van der Waals surface area contributed by atoms with Crippen LogP contribution in [0.15, 0.2) is 29.2 Å². The molecule has 1 aromatic carbocycles. The number of amides is 1. The Bertz CT molecular complexity index is 508. The number of nitrogens with one attached hydrogen (secondary N) is 1. The first-order valence-corrected chi connectivity index (χ1v) is 9.60. The van der Waals surface area contributed by atoms with Crippen LogP contribution >= 0.6 is 11.8 Å². The molecule has 3 rings (SSSR count). The van der Waals surface area contributed by atoms with Gasteiger partial charge in [-0.2, -0.15) is 0 Å². The molecule has 2 fully saturated rings. The van der Waals surface area contributed by atoms with E-state index in [2.05, 4.69) is 40.7 Å². The van der Waals surface area contributed by atoms with E-state index in [1.165, 1.54) is 23.3 Å². The standard InChI is InChI=1S/C18H26N2OS/c1-22-17-5-3-2-4-16(17)13-20-10-8-14(9-11-20)12-19-18(21)15-6-7-15/h2-5,14-15H,6-13H2,1H3,(H,19,21). The lowest BCUT2D eigenvalue weighted by Crippen LogP contribution is -2.38. The van der Waals surface area contributed by atoms with Gasteiger partial charge in [0, 0.05) is 23.9 Å². The van der Waals surface area contributed by atoms with E-state index in [1.807, 2.05) is 11.8 Å². The molecule has 1 N–H and O–H groups in total. The van der Waals surface area contributed by atoms with Crippen molar-refractivity contribution >= 4 is 17.7 Å². The number of nitrogens with zero attached hydrogens (tertiary/aromatic N) is 1. The second-order valence-electron chi connectivity index (χ2n) is 6.55. The maximum Gasteiger partial charge on any atom is 0.223 e. The number of thioether (sulfide) groups is 1. The first-order chi connectivity index (χ1) is 10.8. The predicted molar refractivity (Wildman–Crippen MR) is 92.0 cm³/mol. The zero-order valence-corrected chi connectivity index (χ0v) is 14.2. The number of rotatable bonds is 6. The Morgan fingerprint density at radius 2 is 1.95 bits per heavy atom. The Morgan fingerprint density at radius 1 is 1.23 bits per heavy atom. The van der Waals surface area contributed by atoms with Crippen molar-refractivity contribution in [1.82, 2.24) is 10.2 Å². The molecule has 1 amide bonds. The molecule has 1 saturated heterocycles. The zero-order chi connectivity index (χ0) is 15.4. The van der Waals surface area contributed by atoms with Crippen LogP contribution in [0.4, 0.5) is 0 Å². The molecular formula is C18H26N2OS. The van der Waals surface area contributed by atoms with Crippen LogP contribution in [0.5, 0.6) is 0 Å². The van der Waals surface area contributed by atoms with Crippen molar-refractivity contribution < 1.29 is 4.79 Å². The summed E-state index contributed by atoms with van der Waals surface area (Å²) >= 11 is 1.83. The summed E-state index contributed by atoms with van der Waals surface area (Å²) in [6.07, 6.45) is 6.74. The van der Waals surface area contributed by atoms with Gasteiger partial charge in [-0.15, -0.1) is 11.8 Å². The molecule has 0 bridgehead atoms. The van der Waals surface area contributed by atoms with Gasteiger partial charge in [0.25, 0.3) is 0 Å². The van der Waals surface area contributed by atoms with Gasteiger partial charge in [-0.1, -0.05) is 18.2 Å². The van der Waals surface area contributed by atoms with Gasteiger partial charge in [-0.05, 0) is 62.6 Å². The van der Waals surface area contributed by atoms with Crippen LogP contribution in [0.1, 0.15) is 31.2 Å². The Morgan fingerprint density at radius 3 is 2.64 bits per heavy atom. The van der Waals surface area contributed by atoms with Crippen LogP contribution in [-0.4, -0.2) is 36.7 Å². The van der Waals surface area contributed by atoms with Crippen molar-refractivity contribution in [1.29, 1.82) is 0 Å². The van der Waals surface area contributed by atoms with Crippen LogP contribution in [-0.2, 0) is 11.3 Å². The largest absolute Gasteiger partial charge is 0.356 e. The van der Waals surface area contributed by atoms with E-state index in [9.17, 15) is 4.79 Å². The second-order valence-corrected chi connectivity index (χ2v) is 7.40. The summed E-state index contributed by atoms with van der Waals surface area (Å²) in [5, 5.41) is 3.14. The van der Waals surface area contributed by atoms with Gasteiger partial charge in [0.05, 0.1) is 0 Å². The molecule has 0 atom stereocenters. The van der Waals surface area contributed by atoms with Gasteiger partial charge >= 0.3 is 0 Å². The maximum atomic E-state index is 11.7. The topological polar surface area (TPSA) is 32.3 Å². The number of carbonyl (C=O) groups excluding carboxylic acids is 1. The first-order valence-electron chi connectivity index (χ1n) is 8.38. The fourth-order valence-electron chi connectivity index (χ4n) is 3.16. The predicted octanol–water partition coefficient (Wildman–Crippen LogP) is 3.15. The highest BCUT2D eigenvalue weighted by Gasteiger charge is 2.30. The molecule has 1 saturated carbocycles. The Kier molecular flexibility index (Phi) is 5.42. The summed E-state index contributed by atoms with van der Waals surface area (Å²) in [6, 6.07) is 8.70. The summed E-state index contributed by atoms with van der Waals surface area (Å²) in [6.45, 7) is 4.22. The Balaban J connectivity index is 1.42. The molecule has 22 heavy (non-hydrogen) atoms. The summed E-state index contributed by atoms with van der Waals surface area (Å²) in [5.41, 5.74) is 1.44. The van der Waals surface area contributed by atoms with E-state index in [1.54, 1.807) is 0 Å². The number of benzene rings is 1. The fourth-order valence-corrected chi connectivity index (χ4v) is 3.77. The normalized spacial score (nSPS) is 20.0. The summed E-state index contributed by atoms with van der Waals surface area (Å²) in [4.78, 5) is 15.6. The second kappa shape index (κ2) is 7.51. The Labute approximate surface area is 137 Å². The number of hydrogen-bond acceptors (Lipinski definition) is 3. The summed E-state index contributed by atoms with van der Waals surface area (Å²) in [5.74, 6) is 1.29. The monoisotopic (exact) mass is 318 g/mol. The minimum atomic E-state index is 0.288. The third-order valence-electron chi connectivity index (χ3n) is 4.81. The quantitative estimate of drug-likeness (QED) is 0.818. The minimum absolute atomic E-state index is 0.288. The third kappa shape index (κ3) is 4.26. The van der Waals surface area contributed by atoms with Crippen molar-refractivity contribution in [3.8, 4) is 0 Å². The van der Waals surface area contributed by atoms with E-state index in [0.717, 1.165) is 39.0 Å². The molecule has 0 spiro atoms. The number of hydrogen-bond donors (Lipinski definition) is 1. The number of piperidine rings is 1. The molecule has 0 aromatic heterocycles. The van der Waals surface area contributed by atoms with Gasteiger partial charge in [0.2, 0.25) is 5.91 Å². The molecule has 4 heteroatoms. The van der Waals surface area contributed by atoms with Crippen molar-refractivity contribution in [2.75, 3.05) is 25.9 Å². The lowest BCUT2D eigenvalue weighted by Gasteiger charge is -2.32. The first kappa shape index (κ1) is 15.9. The molecule has 3 nitrogen and oxygen atoms in total. The fraction of sp³-hybridized carbons (Fsp3) is 0.611. The average Bonchev–Trinajstić information content (AvgIpc) is 3.39. The zero-order valence-electron chi connectivity index (χ0n) is 13.4. The molecular weight excluding hydrogens is 292 g/mol. The molecule has 1 aliphatic carbocycles. The molecule has 1 heterocycles. The van der Waals surface area contributed by atoms with E-state index in [4.69, 9.17) is 0 Å². The lowest BCUT2D eigenvalue weighted by molar-refractivity contribution is -0.122. The van der Waals surface area contributed by atoms with Crippen molar-refractivity contribution in [3.05, 3.63) is 29.8 Å². The molecule has 2 aliphatic rings. The van der Waals surface area contributed by atoms with Crippen LogP contribution in [0.2, 0.25) is 0 Å². The highest BCUT2D eigenvalue weighted by Crippen LogP contribution is 2.29. The minimum Gasteiger partial charge on any atom is -0.356 e. The maximum absolute atomic E-state index is 11.7. The van der Waals surface area contributed by atoms with Crippen LogP contribution in [0, 0.1) is 11.8 Å². The molecule has 0 radical (unpaired) electrons. The Hall–Kier alpha value is -1.00. The summed E-state index contributed by atoms with van der Waals surface area (Å²) in [7, 11) is 0. The highest BCUT2D eigenvalue weighted by atomic mass is 32.2. The summed E-state index contributed by atoms with van der Waals surface area (Å²) < 4.78 is 0. The number of likely N-dealkylation sites (tertiary alicyclic amines) is 1. The third-order valence-corrected chi connectivity index (χ3v) is 5.64. The lowest BCUT2D eigenvalue weighted by atomic mass is 9.96. The number of carbonyl (C=O) groups is 1. The molecule has 0 unspecified atom stereocenters. The van der Waals surface area contributed by atoms with Gasteiger partial charge in [0.15, 0.2) is 0 Å². The van der Waals surface area contributed by atoms with Crippen LogP contribution < -0.4 is 5.32 Å². The molecule has 1 aromatic rings. The van der Waals surface area contributed by atoms with Gasteiger partial charge in [-0.3, -0.25) is 9.69 Å². The van der Waals surface area contributed by atoms with Gasteiger partial charge in [-0.25, -0.2) is 0 Å².